The monoisotopic (exact) mass is 237 g/mol. The lowest BCUT2D eigenvalue weighted by atomic mass is 9.79. The lowest BCUT2D eigenvalue weighted by Gasteiger charge is -2.32. The molecular formula is C13H19NOS. The van der Waals surface area contributed by atoms with E-state index in [1.165, 1.54) is 24.1 Å². The van der Waals surface area contributed by atoms with E-state index in [0.717, 1.165) is 17.7 Å². The van der Waals surface area contributed by atoms with Crippen molar-refractivity contribution in [2.24, 2.45) is 5.73 Å². The second kappa shape index (κ2) is 4.68. The molecule has 1 aromatic heterocycles. The van der Waals surface area contributed by atoms with Crippen molar-refractivity contribution in [1.82, 2.24) is 0 Å². The highest BCUT2D eigenvalue weighted by molar-refractivity contribution is 7.14. The smallest absolute Gasteiger partial charge is 0.174 e. The lowest BCUT2D eigenvalue weighted by molar-refractivity contribution is 0.0938. The summed E-state index contributed by atoms with van der Waals surface area (Å²) in [6.07, 6.45) is 6.14. The Bertz CT molecular complexity index is 377. The summed E-state index contributed by atoms with van der Waals surface area (Å²) in [5.74, 6) is 0.225. The summed E-state index contributed by atoms with van der Waals surface area (Å²) >= 11 is 1.58. The average Bonchev–Trinajstić information content (AvgIpc) is 2.65. The van der Waals surface area contributed by atoms with Crippen molar-refractivity contribution in [1.29, 1.82) is 0 Å². The first-order valence-electron chi connectivity index (χ1n) is 5.98. The fourth-order valence-corrected chi connectivity index (χ4v) is 3.23. The molecule has 1 heterocycles. The molecule has 3 heteroatoms. The summed E-state index contributed by atoms with van der Waals surface area (Å²) in [5, 5.41) is 0. The number of carbonyl (C=O) groups is 1. The van der Waals surface area contributed by atoms with Gasteiger partial charge in [0.15, 0.2) is 5.78 Å². The third-order valence-electron chi connectivity index (χ3n) is 3.38. The van der Waals surface area contributed by atoms with E-state index in [4.69, 9.17) is 5.73 Å². The Labute approximate surface area is 101 Å². The molecule has 88 valence electrons. The summed E-state index contributed by atoms with van der Waals surface area (Å²) in [5.41, 5.74) is 6.06. The first-order valence-corrected chi connectivity index (χ1v) is 6.79. The molecule has 1 saturated carbocycles. The Balaban J connectivity index is 2.01. The van der Waals surface area contributed by atoms with E-state index in [1.54, 1.807) is 11.3 Å². The molecule has 0 radical (unpaired) electrons. The number of Topliss-reactive ketones (excluding diaryl/α,β-unsaturated/α-hetero) is 1. The largest absolute Gasteiger partial charge is 0.325 e. The van der Waals surface area contributed by atoms with Crippen LogP contribution in [0.15, 0.2) is 12.1 Å². The molecule has 0 unspecified atom stereocenters. The topological polar surface area (TPSA) is 43.1 Å². The van der Waals surface area contributed by atoms with Crippen LogP contribution in [0.25, 0.3) is 0 Å². The van der Waals surface area contributed by atoms with Crippen LogP contribution in [0.4, 0.5) is 0 Å². The van der Waals surface area contributed by atoms with Gasteiger partial charge >= 0.3 is 0 Å². The van der Waals surface area contributed by atoms with Crippen LogP contribution < -0.4 is 5.73 Å². The van der Waals surface area contributed by atoms with E-state index in [2.05, 4.69) is 0 Å². The summed E-state index contributed by atoms with van der Waals surface area (Å²) in [6.45, 7) is 2.03. The van der Waals surface area contributed by atoms with Crippen LogP contribution in [0.5, 0.6) is 0 Å². The van der Waals surface area contributed by atoms with Crippen LogP contribution in [0.1, 0.15) is 53.1 Å². The standard InChI is InChI=1S/C13H19NOS/c1-10-5-6-12(16-10)11(15)9-13(14)7-3-2-4-8-13/h5-6H,2-4,7-9,14H2,1H3. The van der Waals surface area contributed by atoms with Crippen LogP contribution in [0.2, 0.25) is 0 Å². The number of thiophene rings is 1. The maximum Gasteiger partial charge on any atom is 0.174 e. The second-order valence-electron chi connectivity index (χ2n) is 4.93. The van der Waals surface area contributed by atoms with Crippen molar-refractivity contribution >= 4 is 17.1 Å². The summed E-state index contributed by atoms with van der Waals surface area (Å²) in [7, 11) is 0. The Morgan fingerprint density at radius 3 is 2.62 bits per heavy atom. The molecule has 2 nitrogen and oxygen atoms in total. The average molecular weight is 237 g/mol. The summed E-state index contributed by atoms with van der Waals surface area (Å²) in [6, 6.07) is 3.93. The normalized spacial score (nSPS) is 19.6. The van der Waals surface area contributed by atoms with Gasteiger partial charge in [-0.25, -0.2) is 0 Å². The van der Waals surface area contributed by atoms with Gasteiger partial charge in [-0.3, -0.25) is 4.79 Å². The van der Waals surface area contributed by atoms with Gasteiger partial charge < -0.3 is 5.73 Å². The van der Waals surface area contributed by atoms with Crippen molar-refractivity contribution < 1.29 is 4.79 Å². The maximum atomic E-state index is 12.1. The molecule has 0 bridgehead atoms. The minimum Gasteiger partial charge on any atom is -0.325 e. The summed E-state index contributed by atoms with van der Waals surface area (Å²) < 4.78 is 0. The fraction of sp³-hybridized carbons (Fsp3) is 0.615. The first-order chi connectivity index (χ1) is 7.59. The molecule has 0 spiro atoms. The van der Waals surface area contributed by atoms with E-state index < -0.39 is 0 Å². The molecule has 1 aliphatic rings. The zero-order valence-electron chi connectivity index (χ0n) is 9.79. The Morgan fingerprint density at radius 1 is 1.38 bits per heavy atom. The molecule has 0 amide bonds. The van der Waals surface area contributed by atoms with Crippen LogP contribution in [-0.2, 0) is 0 Å². The zero-order valence-corrected chi connectivity index (χ0v) is 10.6. The molecule has 2 rings (SSSR count). The zero-order chi connectivity index (χ0) is 11.6. The van der Waals surface area contributed by atoms with E-state index in [-0.39, 0.29) is 11.3 Å². The number of ketones is 1. The highest BCUT2D eigenvalue weighted by atomic mass is 32.1. The van der Waals surface area contributed by atoms with E-state index in [0.29, 0.717) is 6.42 Å². The fourth-order valence-electron chi connectivity index (χ4n) is 2.42. The third kappa shape index (κ3) is 2.71. The number of carbonyl (C=O) groups excluding carboxylic acids is 1. The van der Waals surface area contributed by atoms with Gasteiger partial charge in [-0.2, -0.15) is 0 Å². The van der Waals surface area contributed by atoms with Gasteiger partial charge in [0.2, 0.25) is 0 Å². The Morgan fingerprint density at radius 2 is 2.06 bits per heavy atom. The van der Waals surface area contributed by atoms with Crippen molar-refractivity contribution in [2.45, 2.75) is 51.0 Å². The van der Waals surface area contributed by atoms with Crippen LogP contribution in [-0.4, -0.2) is 11.3 Å². The van der Waals surface area contributed by atoms with E-state index in [1.807, 2.05) is 19.1 Å². The lowest BCUT2D eigenvalue weighted by Crippen LogP contribution is -2.43. The van der Waals surface area contributed by atoms with Crippen molar-refractivity contribution in [3.05, 3.63) is 21.9 Å². The Kier molecular flexibility index (Phi) is 3.45. The molecule has 1 fully saturated rings. The summed E-state index contributed by atoms with van der Waals surface area (Å²) in [4.78, 5) is 14.1. The van der Waals surface area contributed by atoms with E-state index in [9.17, 15) is 4.79 Å². The minimum absolute atomic E-state index is 0.225. The molecule has 2 N–H and O–H groups in total. The number of hydrogen-bond acceptors (Lipinski definition) is 3. The highest BCUT2D eigenvalue weighted by Gasteiger charge is 2.30. The van der Waals surface area contributed by atoms with E-state index >= 15 is 0 Å². The van der Waals surface area contributed by atoms with Crippen LogP contribution in [0.3, 0.4) is 0 Å². The molecule has 1 aromatic rings. The Hall–Kier alpha value is -0.670. The number of nitrogens with two attached hydrogens (primary N) is 1. The van der Waals surface area contributed by atoms with Gasteiger partial charge in [-0.15, -0.1) is 11.3 Å². The molecule has 0 aromatic carbocycles. The first kappa shape index (κ1) is 11.8. The number of hydrogen-bond donors (Lipinski definition) is 1. The molecule has 0 atom stereocenters. The van der Waals surface area contributed by atoms with Crippen molar-refractivity contribution in [3.63, 3.8) is 0 Å². The SMILES string of the molecule is Cc1ccc(C(=O)CC2(N)CCCCC2)s1. The van der Waals surface area contributed by atoms with Crippen molar-refractivity contribution in [3.8, 4) is 0 Å². The van der Waals surface area contributed by atoms with Crippen LogP contribution in [0, 0.1) is 6.92 Å². The van der Waals surface area contributed by atoms with Crippen molar-refractivity contribution in [2.75, 3.05) is 0 Å². The predicted octanol–water partition coefficient (Wildman–Crippen LogP) is 3.29. The molecule has 0 saturated heterocycles. The third-order valence-corrected chi connectivity index (χ3v) is 4.42. The van der Waals surface area contributed by atoms with Gasteiger partial charge in [-0.1, -0.05) is 19.3 Å². The molecule has 0 aliphatic heterocycles. The molecular weight excluding hydrogens is 218 g/mol. The van der Waals surface area contributed by atoms with Gasteiger partial charge in [0.25, 0.3) is 0 Å². The van der Waals surface area contributed by atoms with Gasteiger partial charge in [0, 0.05) is 16.8 Å². The second-order valence-corrected chi connectivity index (χ2v) is 6.22. The van der Waals surface area contributed by atoms with Gasteiger partial charge in [-0.05, 0) is 31.9 Å². The molecule has 16 heavy (non-hydrogen) atoms. The minimum atomic E-state index is -0.229. The quantitative estimate of drug-likeness (QED) is 0.820. The number of aryl methyl sites for hydroxylation is 1. The van der Waals surface area contributed by atoms with Crippen LogP contribution >= 0.6 is 11.3 Å². The molecule has 1 aliphatic carbocycles. The predicted molar refractivity (Wildman–Crippen MR) is 68.0 cm³/mol. The number of rotatable bonds is 3. The van der Waals surface area contributed by atoms with Gasteiger partial charge in [0.05, 0.1) is 4.88 Å². The van der Waals surface area contributed by atoms with Gasteiger partial charge in [0.1, 0.15) is 0 Å². The maximum absolute atomic E-state index is 12.1. The highest BCUT2D eigenvalue weighted by Crippen LogP contribution is 2.30.